The van der Waals surface area contributed by atoms with E-state index >= 15 is 0 Å². The van der Waals surface area contributed by atoms with Crippen molar-refractivity contribution in [2.24, 2.45) is 0 Å². The molecule has 4 nitrogen and oxygen atoms in total. The highest BCUT2D eigenvalue weighted by molar-refractivity contribution is 5.62. The SMILES string of the molecule is COCCNc1cc(-c2cccc(F)c2)[nH]n1. The largest absolute Gasteiger partial charge is 0.383 e. The zero-order chi connectivity index (χ0) is 12.1. The minimum absolute atomic E-state index is 0.258. The lowest BCUT2D eigenvalue weighted by molar-refractivity contribution is 0.210. The summed E-state index contributed by atoms with van der Waals surface area (Å²) in [4.78, 5) is 0. The number of ether oxygens (including phenoxy) is 1. The van der Waals surface area contributed by atoms with Crippen LogP contribution in [0.4, 0.5) is 10.2 Å². The molecule has 90 valence electrons. The van der Waals surface area contributed by atoms with Gasteiger partial charge in [0, 0.05) is 25.3 Å². The summed E-state index contributed by atoms with van der Waals surface area (Å²) >= 11 is 0. The van der Waals surface area contributed by atoms with Gasteiger partial charge < -0.3 is 10.1 Å². The highest BCUT2D eigenvalue weighted by atomic mass is 19.1. The average Bonchev–Trinajstić information content (AvgIpc) is 2.78. The number of aromatic nitrogens is 2. The molecule has 2 rings (SSSR count). The van der Waals surface area contributed by atoms with Crippen molar-refractivity contribution >= 4 is 5.82 Å². The van der Waals surface area contributed by atoms with E-state index in [2.05, 4.69) is 15.5 Å². The van der Waals surface area contributed by atoms with Crippen molar-refractivity contribution in [2.75, 3.05) is 25.6 Å². The first-order chi connectivity index (χ1) is 8.29. The Kier molecular flexibility index (Phi) is 3.72. The number of nitrogens with zero attached hydrogens (tertiary/aromatic N) is 1. The van der Waals surface area contributed by atoms with Gasteiger partial charge in [-0.15, -0.1) is 0 Å². The third kappa shape index (κ3) is 3.04. The molecule has 0 unspecified atom stereocenters. The number of halogens is 1. The summed E-state index contributed by atoms with van der Waals surface area (Å²) in [7, 11) is 1.64. The molecule has 2 aromatic rings. The van der Waals surface area contributed by atoms with Gasteiger partial charge in [0.2, 0.25) is 0 Å². The van der Waals surface area contributed by atoms with Crippen LogP contribution in [-0.2, 0) is 4.74 Å². The van der Waals surface area contributed by atoms with Crippen LogP contribution in [0, 0.1) is 5.82 Å². The second-order valence-corrected chi connectivity index (χ2v) is 3.60. The van der Waals surface area contributed by atoms with Gasteiger partial charge >= 0.3 is 0 Å². The first-order valence-corrected chi connectivity index (χ1v) is 5.34. The maximum absolute atomic E-state index is 13.0. The maximum atomic E-state index is 13.0. The lowest BCUT2D eigenvalue weighted by atomic mass is 10.1. The number of rotatable bonds is 5. The first-order valence-electron chi connectivity index (χ1n) is 5.34. The van der Waals surface area contributed by atoms with Crippen LogP contribution < -0.4 is 5.32 Å². The predicted molar refractivity (Wildman–Crippen MR) is 64.3 cm³/mol. The van der Waals surface area contributed by atoms with Crippen molar-refractivity contribution in [2.45, 2.75) is 0 Å². The second-order valence-electron chi connectivity index (χ2n) is 3.60. The van der Waals surface area contributed by atoms with Crippen molar-refractivity contribution in [3.8, 4) is 11.3 Å². The molecule has 0 aliphatic rings. The fourth-order valence-corrected chi connectivity index (χ4v) is 1.50. The summed E-state index contributed by atoms with van der Waals surface area (Å²) in [6.45, 7) is 1.30. The molecular weight excluding hydrogens is 221 g/mol. The Hall–Kier alpha value is -1.88. The van der Waals surface area contributed by atoms with Gasteiger partial charge in [0.25, 0.3) is 0 Å². The van der Waals surface area contributed by atoms with Gasteiger partial charge in [-0.05, 0) is 12.1 Å². The molecule has 0 amide bonds. The van der Waals surface area contributed by atoms with Crippen LogP contribution in [0.3, 0.4) is 0 Å². The third-order valence-electron chi connectivity index (χ3n) is 2.33. The molecule has 0 atom stereocenters. The van der Waals surface area contributed by atoms with Crippen LogP contribution in [0.1, 0.15) is 0 Å². The zero-order valence-corrected chi connectivity index (χ0v) is 9.53. The summed E-state index contributed by atoms with van der Waals surface area (Å²) in [5.41, 5.74) is 1.56. The van der Waals surface area contributed by atoms with E-state index in [0.717, 1.165) is 17.1 Å². The molecule has 17 heavy (non-hydrogen) atoms. The Balaban J connectivity index is 2.07. The molecule has 0 aliphatic carbocycles. The van der Waals surface area contributed by atoms with Crippen LogP contribution in [0.5, 0.6) is 0 Å². The van der Waals surface area contributed by atoms with E-state index in [1.54, 1.807) is 13.2 Å². The molecule has 0 aliphatic heterocycles. The number of H-pyrrole nitrogens is 1. The molecule has 0 radical (unpaired) electrons. The zero-order valence-electron chi connectivity index (χ0n) is 9.53. The van der Waals surface area contributed by atoms with Gasteiger partial charge in [-0.2, -0.15) is 5.10 Å². The van der Waals surface area contributed by atoms with Gasteiger partial charge in [-0.1, -0.05) is 12.1 Å². The summed E-state index contributed by atoms with van der Waals surface area (Å²) in [6.07, 6.45) is 0. The Morgan fingerprint density at radius 2 is 2.29 bits per heavy atom. The Bertz CT molecular complexity index is 484. The third-order valence-corrected chi connectivity index (χ3v) is 2.33. The minimum Gasteiger partial charge on any atom is -0.383 e. The molecule has 0 bridgehead atoms. The highest BCUT2D eigenvalue weighted by Gasteiger charge is 2.03. The van der Waals surface area contributed by atoms with Crippen LogP contribution in [0.25, 0.3) is 11.3 Å². The van der Waals surface area contributed by atoms with Crippen LogP contribution in [0.2, 0.25) is 0 Å². The van der Waals surface area contributed by atoms with Crippen molar-refractivity contribution in [3.63, 3.8) is 0 Å². The number of benzene rings is 1. The summed E-state index contributed by atoms with van der Waals surface area (Å²) < 4.78 is 18.0. The molecular formula is C12H14FN3O. The Morgan fingerprint density at radius 1 is 1.41 bits per heavy atom. The van der Waals surface area contributed by atoms with Gasteiger partial charge in [-0.3, -0.25) is 5.10 Å². The number of nitrogens with one attached hydrogen (secondary N) is 2. The summed E-state index contributed by atoms with van der Waals surface area (Å²) in [5, 5.41) is 10.0. The standard InChI is InChI=1S/C12H14FN3O/c1-17-6-5-14-12-8-11(15-16-12)9-3-2-4-10(13)7-9/h2-4,7-8H,5-6H2,1H3,(H2,14,15,16). The first kappa shape index (κ1) is 11.6. The number of anilines is 1. The normalized spacial score (nSPS) is 10.5. The van der Waals surface area contributed by atoms with Gasteiger partial charge in [0.05, 0.1) is 12.3 Å². The van der Waals surface area contributed by atoms with Crippen LogP contribution in [0.15, 0.2) is 30.3 Å². The maximum Gasteiger partial charge on any atom is 0.148 e. The molecule has 0 saturated heterocycles. The summed E-state index contributed by atoms with van der Waals surface area (Å²) in [5.74, 6) is 0.465. The molecule has 0 saturated carbocycles. The fourth-order valence-electron chi connectivity index (χ4n) is 1.50. The van der Waals surface area contributed by atoms with Crippen molar-refractivity contribution in [1.82, 2.24) is 10.2 Å². The monoisotopic (exact) mass is 235 g/mol. The van der Waals surface area contributed by atoms with E-state index < -0.39 is 0 Å². The second kappa shape index (κ2) is 5.45. The molecule has 5 heteroatoms. The minimum atomic E-state index is -0.258. The molecule has 2 N–H and O–H groups in total. The number of hydrogen-bond donors (Lipinski definition) is 2. The van der Waals surface area contributed by atoms with Crippen LogP contribution >= 0.6 is 0 Å². The lowest BCUT2D eigenvalue weighted by Crippen LogP contribution is -2.07. The number of methoxy groups -OCH3 is 1. The summed E-state index contributed by atoms with van der Waals surface area (Å²) in [6, 6.07) is 8.22. The van der Waals surface area contributed by atoms with E-state index in [9.17, 15) is 4.39 Å². The van der Waals surface area contributed by atoms with Crippen LogP contribution in [-0.4, -0.2) is 30.5 Å². The smallest absolute Gasteiger partial charge is 0.148 e. The predicted octanol–water partition coefficient (Wildman–Crippen LogP) is 2.27. The van der Waals surface area contributed by atoms with Gasteiger partial charge in [0.15, 0.2) is 0 Å². The quantitative estimate of drug-likeness (QED) is 0.782. The van der Waals surface area contributed by atoms with E-state index in [-0.39, 0.29) is 5.82 Å². The highest BCUT2D eigenvalue weighted by Crippen LogP contribution is 2.20. The van der Waals surface area contributed by atoms with Crippen molar-refractivity contribution in [1.29, 1.82) is 0 Å². The topological polar surface area (TPSA) is 49.9 Å². The number of hydrogen-bond acceptors (Lipinski definition) is 3. The molecule has 0 spiro atoms. The van der Waals surface area contributed by atoms with Gasteiger partial charge in [-0.25, -0.2) is 4.39 Å². The average molecular weight is 235 g/mol. The van der Waals surface area contributed by atoms with E-state index in [0.29, 0.717) is 13.2 Å². The van der Waals surface area contributed by atoms with Gasteiger partial charge in [0.1, 0.15) is 11.6 Å². The molecule has 1 aromatic heterocycles. The Morgan fingerprint density at radius 3 is 3.06 bits per heavy atom. The lowest BCUT2D eigenvalue weighted by Gasteiger charge is -1.99. The molecule has 0 fully saturated rings. The fraction of sp³-hybridized carbons (Fsp3) is 0.250. The number of aromatic amines is 1. The van der Waals surface area contributed by atoms with E-state index in [1.165, 1.54) is 12.1 Å². The van der Waals surface area contributed by atoms with Crippen molar-refractivity contribution in [3.05, 3.63) is 36.1 Å². The van der Waals surface area contributed by atoms with E-state index in [4.69, 9.17) is 4.74 Å². The molecule has 1 heterocycles. The van der Waals surface area contributed by atoms with E-state index in [1.807, 2.05) is 12.1 Å². The van der Waals surface area contributed by atoms with Crippen molar-refractivity contribution < 1.29 is 9.13 Å². The Labute approximate surface area is 98.8 Å². The molecule has 1 aromatic carbocycles.